The number of carbonyl (C=O) groups excluding carboxylic acids is 1. The van der Waals surface area contributed by atoms with Gasteiger partial charge in [0.1, 0.15) is 17.1 Å². The van der Waals surface area contributed by atoms with E-state index in [-0.39, 0.29) is 18.4 Å². The maximum atomic E-state index is 11.5. The molecular weight excluding hydrogens is 268 g/mol. The minimum absolute atomic E-state index is 0. The Bertz CT molecular complexity index is 434. The van der Waals surface area contributed by atoms with Gasteiger partial charge in [-0.2, -0.15) is 0 Å². The van der Waals surface area contributed by atoms with E-state index < -0.39 is 0 Å². The van der Waals surface area contributed by atoms with Crippen molar-refractivity contribution in [1.82, 2.24) is 4.90 Å². The molecule has 6 heteroatoms. The number of nitrogens with two attached hydrogens (primary N) is 1. The first-order chi connectivity index (χ1) is 8.65. The van der Waals surface area contributed by atoms with Crippen LogP contribution in [-0.2, 0) is 11.3 Å². The number of ether oxygens (including phenoxy) is 1. The van der Waals surface area contributed by atoms with Crippen LogP contribution < -0.4 is 5.73 Å². The van der Waals surface area contributed by atoms with Gasteiger partial charge in [-0.3, -0.25) is 4.90 Å². The molecule has 1 saturated heterocycles. The lowest BCUT2D eigenvalue weighted by molar-refractivity contribution is 0.0599. The Morgan fingerprint density at radius 2 is 2.37 bits per heavy atom. The van der Waals surface area contributed by atoms with E-state index in [1.54, 1.807) is 13.0 Å². The highest BCUT2D eigenvalue weighted by Gasteiger charge is 2.25. The Hall–Kier alpha value is -1.04. The zero-order chi connectivity index (χ0) is 13.1. The van der Waals surface area contributed by atoms with Gasteiger partial charge in [0, 0.05) is 12.6 Å². The highest BCUT2D eigenvalue weighted by atomic mass is 35.5. The molecule has 0 saturated carbocycles. The SMILES string of the molecule is COC(=O)c1cc(CN2CCCC2CN)oc1C.Cl. The summed E-state index contributed by atoms with van der Waals surface area (Å²) in [7, 11) is 1.37. The van der Waals surface area contributed by atoms with Crippen LogP contribution in [-0.4, -0.2) is 37.1 Å². The summed E-state index contributed by atoms with van der Waals surface area (Å²) in [5.74, 6) is 1.06. The Morgan fingerprint density at radius 1 is 1.63 bits per heavy atom. The highest BCUT2D eigenvalue weighted by molar-refractivity contribution is 5.90. The average Bonchev–Trinajstić information content (AvgIpc) is 2.95. The molecule has 0 bridgehead atoms. The van der Waals surface area contributed by atoms with Crippen LogP contribution in [0.5, 0.6) is 0 Å². The summed E-state index contributed by atoms with van der Waals surface area (Å²) in [5, 5.41) is 0. The molecule has 0 radical (unpaired) electrons. The first kappa shape index (κ1) is 16.0. The number of rotatable bonds is 4. The molecule has 2 N–H and O–H groups in total. The van der Waals surface area contributed by atoms with Crippen LogP contribution in [0.25, 0.3) is 0 Å². The minimum Gasteiger partial charge on any atom is -0.465 e. The Kier molecular flexibility index (Phi) is 5.85. The summed E-state index contributed by atoms with van der Waals surface area (Å²) >= 11 is 0. The van der Waals surface area contributed by atoms with Crippen molar-refractivity contribution in [2.45, 2.75) is 32.4 Å². The van der Waals surface area contributed by atoms with Crippen LogP contribution in [0.1, 0.15) is 34.7 Å². The van der Waals surface area contributed by atoms with Crippen molar-refractivity contribution < 1.29 is 13.9 Å². The van der Waals surface area contributed by atoms with Crippen molar-refractivity contribution in [3.63, 3.8) is 0 Å². The van der Waals surface area contributed by atoms with Crippen molar-refractivity contribution in [2.75, 3.05) is 20.2 Å². The summed E-state index contributed by atoms with van der Waals surface area (Å²) in [6.45, 7) is 4.19. The lowest BCUT2D eigenvalue weighted by Gasteiger charge is -2.21. The Morgan fingerprint density at radius 3 is 3.00 bits per heavy atom. The van der Waals surface area contributed by atoms with Crippen LogP contribution >= 0.6 is 12.4 Å². The van der Waals surface area contributed by atoms with Gasteiger partial charge in [0.15, 0.2) is 0 Å². The van der Waals surface area contributed by atoms with Gasteiger partial charge in [0.25, 0.3) is 0 Å². The maximum absolute atomic E-state index is 11.5. The standard InChI is InChI=1S/C13H20N2O3.ClH/c1-9-12(13(16)17-2)6-11(18-9)8-15-5-3-4-10(15)7-14;/h6,10H,3-5,7-8,14H2,1-2H3;1H. The van der Waals surface area contributed by atoms with Crippen molar-refractivity contribution in [3.05, 3.63) is 23.2 Å². The Labute approximate surface area is 119 Å². The fourth-order valence-corrected chi connectivity index (χ4v) is 2.50. The van der Waals surface area contributed by atoms with Gasteiger partial charge >= 0.3 is 5.97 Å². The number of aryl methyl sites for hydroxylation is 1. The van der Waals surface area contributed by atoms with Crippen LogP contribution in [0, 0.1) is 6.92 Å². The fraction of sp³-hybridized carbons (Fsp3) is 0.615. The normalized spacial score (nSPS) is 19.2. The van der Waals surface area contributed by atoms with E-state index in [0.717, 1.165) is 18.7 Å². The second kappa shape index (κ2) is 6.93. The number of likely N-dealkylation sites (tertiary alicyclic amines) is 1. The quantitative estimate of drug-likeness (QED) is 0.855. The number of nitrogens with zero attached hydrogens (tertiary/aromatic N) is 1. The van der Waals surface area contributed by atoms with Crippen molar-refractivity contribution in [1.29, 1.82) is 0 Å². The molecule has 5 nitrogen and oxygen atoms in total. The topological polar surface area (TPSA) is 68.7 Å². The second-order valence-electron chi connectivity index (χ2n) is 4.68. The Balaban J connectivity index is 0.00000180. The molecular formula is C13H21ClN2O3. The molecule has 0 aromatic carbocycles. The van der Waals surface area contributed by atoms with Crippen molar-refractivity contribution in [3.8, 4) is 0 Å². The first-order valence-corrected chi connectivity index (χ1v) is 6.27. The number of methoxy groups -OCH3 is 1. The molecule has 1 aliphatic heterocycles. The largest absolute Gasteiger partial charge is 0.465 e. The van der Waals surface area contributed by atoms with Crippen LogP contribution in [0.4, 0.5) is 0 Å². The molecule has 1 aromatic heterocycles. The van der Waals surface area contributed by atoms with Crippen molar-refractivity contribution in [2.24, 2.45) is 5.73 Å². The average molecular weight is 289 g/mol. The number of furan rings is 1. The van der Waals surface area contributed by atoms with Gasteiger partial charge in [-0.25, -0.2) is 4.79 Å². The number of esters is 1. The molecule has 1 atom stereocenters. The summed E-state index contributed by atoms with van der Waals surface area (Å²) in [4.78, 5) is 13.8. The summed E-state index contributed by atoms with van der Waals surface area (Å²) in [5.41, 5.74) is 6.25. The molecule has 0 spiro atoms. The van der Waals surface area contributed by atoms with Crippen LogP contribution in [0.2, 0.25) is 0 Å². The molecule has 2 rings (SSSR count). The molecule has 108 valence electrons. The van der Waals surface area contributed by atoms with Gasteiger partial charge in [0.05, 0.1) is 13.7 Å². The van der Waals surface area contributed by atoms with Gasteiger partial charge in [-0.05, 0) is 32.4 Å². The van der Waals surface area contributed by atoms with Gasteiger partial charge in [0.2, 0.25) is 0 Å². The third-order valence-corrected chi connectivity index (χ3v) is 3.50. The van der Waals surface area contributed by atoms with Crippen LogP contribution in [0.15, 0.2) is 10.5 Å². The smallest absolute Gasteiger partial charge is 0.341 e. The fourth-order valence-electron chi connectivity index (χ4n) is 2.50. The zero-order valence-corrected chi connectivity index (χ0v) is 12.2. The monoisotopic (exact) mass is 288 g/mol. The van der Waals surface area contributed by atoms with E-state index in [0.29, 0.717) is 30.5 Å². The summed E-state index contributed by atoms with van der Waals surface area (Å²) in [6, 6.07) is 2.20. The van der Waals surface area contributed by atoms with E-state index in [1.807, 2.05) is 0 Å². The predicted molar refractivity (Wildman–Crippen MR) is 74.5 cm³/mol. The molecule has 19 heavy (non-hydrogen) atoms. The molecule has 2 heterocycles. The van der Waals surface area contributed by atoms with E-state index in [9.17, 15) is 4.79 Å². The lowest BCUT2D eigenvalue weighted by atomic mass is 10.2. The third kappa shape index (κ3) is 3.49. The number of hydrogen-bond donors (Lipinski definition) is 1. The predicted octanol–water partition coefficient (Wildman–Crippen LogP) is 1.72. The van der Waals surface area contributed by atoms with Gasteiger partial charge < -0.3 is 14.9 Å². The number of halogens is 1. The third-order valence-electron chi connectivity index (χ3n) is 3.50. The number of hydrogen-bond acceptors (Lipinski definition) is 5. The van der Waals surface area contributed by atoms with Gasteiger partial charge in [-0.1, -0.05) is 0 Å². The number of carbonyl (C=O) groups is 1. The molecule has 1 fully saturated rings. The van der Waals surface area contributed by atoms with Gasteiger partial charge in [-0.15, -0.1) is 12.4 Å². The highest BCUT2D eigenvalue weighted by Crippen LogP contribution is 2.22. The first-order valence-electron chi connectivity index (χ1n) is 6.27. The molecule has 1 unspecified atom stereocenters. The molecule has 1 aliphatic rings. The molecule has 1 aromatic rings. The zero-order valence-electron chi connectivity index (χ0n) is 11.3. The second-order valence-corrected chi connectivity index (χ2v) is 4.68. The summed E-state index contributed by atoms with van der Waals surface area (Å²) in [6.07, 6.45) is 2.31. The van der Waals surface area contributed by atoms with E-state index >= 15 is 0 Å². The molecule has 0 amide bonds. The van der Waals surface area contributed by atoms with E-state index in [1.165, 1.54) is 13.5 Å². The minimum atomic E-state index is -0.348. The van der Waals surface area contributed by atoms with E-state index in [4.69, 9.17) is 14.9 Å². The maximum Gasteiger partial charge on any atom is 0.341 e. The van der Waals surface area contributed by atoms with E-state index in [2.05, 4.69) is 4.90 Å². The molecule has 0 aliphatic carbocycles. The van der Waals surface area contributed by atoms with Crippen molar-refractivity contribution >= 4 is 18.4 Å². The summed E-state index contributed by atoms with van der Waals surface area (Å²) < 4.78 is 10.3. The lowest BCUT2D eigenvalue weighted by Crippen LogP contribution is -2.34. The van der Waals surface area contributed by atoms with Crippen LogP contribution in [0.3, 0.4) is 0 Å².